The summed E-state index contributed by atoms with van der Waals surface area (Å²) in [4.78, 5) is 14.9. The molecule has 24 heavy (non-hydrogen) atoms. The van der Waals surface area contributed by atoms with E-state index in [0.29, 0.717) is 50.6 Å². The molecule has 3 heterocycles. The summed E-state index contributed by atoms with van der Waals surface area (Å²) in [5.41, 5.74) is 0.813. The molecule has 1 atom stereocenters. The Morgan fingerprint density at radius 2 is 2.25 bits per heavy atom. The van der Waals surface area contributed by atoms with Gasteiger partial charge in [-0.05, 0) is 19.1 Å². The molecular weight excluding hydrogens is 308 g/mol. The Bertz CT molecular complexity index is 747. The number of aryl methyl sites for hydroxylation is 1. The molecule has 6 nitrogen and oxygen atoms in total. The van der Waals surface area contributed by atoms with Gasteiger partial charge in [-0.25, -0.2) is 0 Å². The van der Waals surface area contributed by atoms with Gasteiger partial charge in [-0.1, -0.05) is 12.1 Å². The number of fused-ring (bicyclic) bond motifs is 1. The van der Waals surface area contributed by atoms with Crippen molar-refractivity contribution in [3.63, 3.8) is 0 Å². The standard InChI is InChI=1S/C18H22N2O4/c1-13-9-14-3-2-4-15(16(14)24-13)17(21)20-6-8-23-18(11-20)10-19-5-7-22-12-18/h2-4,9,19H,5-8,10-12H2,1H3. The molecule has 1 aromatic carbocycles. The van der Waals surface area contributed by atoms with Crippen molar-refractivity contribution in [1.29, 1.82) is 0 Å². The summed E-state index contributed by atoms with van der Waals surface area (Å²) in [6.45, 7) is 6.20. The zero-order valence-electron chi connectivity index (χ0n) is 13.8. The van der Waals surface area contributed by atoms with E-state index in [-0.39, 0.29) is 5.91 Å². The third-order valence-electron chi connectivity index (χ3n) is 4.67. The molecule has 1 unspecified atom stereocenters. The highest BCUT2D eigenvalue weighted by molar-refractivity contribution is 6.05. The van der Waals surface area contributed by atoms with E-state index in [4.69, 9.17) is 13.9 Å². The van der Waals surface area contributed by atoms with Gasteiger partial charge in [0.1, 0.15) is 16.9 Å². The molecule has 4 rings (SSSR count). The van der Waals surface area contributed by atoms with Gasteiger partial charge < -0.3 is 24.1 Å². The molecule has 1 spiro atoms. The zero-order valence-corrected chi connectivity index (χ0v) is 13.8. The normalized spacial score (nSPS) is 25.1. The summed E-state index contributed by atoms with van der Waals surface area (Å²) >= 11 is 0. The number of furan rings is 1. The molecule has 0 aliphatic carbocycles. The van der Waals surface area contributed by atoms with Gasteiger partial charge in [0, 0.05) is 25.0 Å². The average Bonchev–Trinajstić information content (AvgIpc) is 2.84. The molecule has 6 heteroatoms. The number of ether oxygens (including phenoxy) is 2. The van der Waals surface area contributed by atoms with E-state index in [9.17, 15) is 4.79 Å². The Balaban J connectivity index is 1.61. The Morgan fingerprint density at radius 3 is 3.17 bits per heavy atom. The first-order chi connectivity index (χ1) is 11.7. The first-order valence-corrected chi connectivity index (χ1v) is 8.38. The first kappa shape index (κ1) is 15.6. The van der Waals surface area contributed by atoms with Gasteiger partial charge in [0.2, 0.25) is 0 Å². The Morgan fingerprint density at radius 1 is 1.33 bits per heavy atom. The second kappa shape index (κ2) is 6.20. The molecule has 1 N–H and O–H groups in total. The highest BCUT2D eigenvalue weighted by Crippen LogP contribution is 2.26. The van der Waals surface area contributed by atoms with Gasteiger partial charge in [0.15, 0.2) is 0 Å². The third kappa shape index (κ3) is 2.81. The predicted octanol–water partition coefficient (Wildman–Crippen LogP) is 1.57. The minimum absolute atomic E-state index is 0.0122. The van der Waals surface area contributed by atoms with Crippen molar-refractivity contribution in [3.05, 3.63) is 35.6 Å². The van der Waals surface area contributed by atoms with Crippen LogP contribution in [0.15, 0.2) is 28.7 Å². The van der Waals surface area contributed by atoms with E-state index < -0.39 is 5.60 Å². The maximum atomic E-state index is 13.1. The molecule has 128 valence electrons. The Hall–Kier alpha value is -1.89. The smallest absolute Gasteiger partial charge is 0.257 e. The maximum Gasteiger partial charge on any atom is 0.257 e. The summed E-state index contributed by atoms with van der Waals surface area (Å²) in [6.07, 6.45) is 0. The van der Waals surface area contributed by atoms with Gasteiger partial charge in [-0.15, -0.1) is 0 Å². The van der Waals surface area contributed by atoms with Crippen LogP contribution in [0.25, 0.3) is 11.0 Å². The minimum Gasteiger partial charge on any atom is -0.461 e. The van der Waals surface area contributed by atoms with Crippen LogP contribution in [-0.2, 0) is 9.47 Å². The van der Waals surface area contributed by atoms with Gasteiger partial charge >= 0.3 is 0 Å². The highest BCUT2D eigenvalue weighted by Gasteiger charge is 2.40. The lowest BCUT2D eigenvalue weighted by Gasteiger charge is -2.41. The van der Waals surface area contributed by atoms with Crippen molar-refractivity contribution in [2.75, 3.05) is 46.0 Å². The second-order valence-corrected chi connectivity index (χ2v) is 6.57. The molecule has 1 amide bonds. The first-order valence-electron chi connectivity index (χ1n) is 8.38. The van der Waals surface area contributed by atoms with Crippen molar-refractivity contribution in [2.24, 2.45) is 0 Å². The lowest BCUT2D eigenvalue weighted by molar-refractivity contribution is -0.125. The van der Waals surface area contributed by atoms with Crippen LogP contribution < -0.4 is 5.32 Å². The van der Waals surface area contributed by atoms with Crippen LogP contribution in [0.4, 0.5) is 0 Å². The van der Waals surface area contributed by atoms with E-state index in [1.54, 1.807) is 0 Å². The average molecular weight is 330 g/mol. The maximum absolute atomic E-state index is 13.1. The van der Waals surface area contributed by atoms with Gasteiger partial charge in [-0.2, -0.15) is 0 Å². The summed E-state index contributed by atoms with van der Waals surface area (Å²) in [7, 11) is 0. The van der Waals surface area contributed by atoms with Crippen LogP contribution in [0.5, 0.6) is 0 Å². The van der Waals surface area contributed by atoms with E-state index in [1.165, 1.54) is 0 Å². The van der Waals surface area contributed by atoms with Gasteiger partial charge in [0.25, 0.3) is 5.91 Å². The number of benzene rings is 1. The lowest BCUT2D eigenvalue weighted by Crippen LogP contribution is -2.59. The number of hydrogen-bond donors (Lipinski definition) is 1. The predicted molar refractivity (Wildman–Crippen MR) is 89.2 cm³/mol. The number of rotatable bonds is 1. The summed E-state index contributed by atoms with van der Waals surface area (Å²) in [5, 5.41) is 4.29. The SMILES string of the molecule is Cc1cc2cccc(C(=O)N3CCOC4(CNCCOC4)C3)c2o1. The molecule has 2 fully saturated rings. The van der Waals surface area contributed by atoms with Crippen molar-refractivity contribution in [1.82, 2.24) is 10.2 Å². The minimum atomic E-state index is -0.461. The number of amides is 1. The Labute approximate surface area is 140 Å². The molecule has 2 aromatic rings. The zero-order chi connectivity index (χ0) is 16.6. The van der Waals surface area contributed by atoms with E-state index >= 15 is 0 Å². The molecule has 2 aliphatic rings. The molecule has 2 saturated heterocycles. The van der Waals surface area contributed by atoms with Crippen molar-refractivity contribution in [2.45, 2.75) is 12.5 Å². The summed E-state index contributed by atoms with van der Waals surface area (Å²) < 4.78 is 17.4. The van der Waals surface area contributed by atoms with E-state index in [0.717, 1.165) is 17.7 Å². The van der Waals surface area contributed by atoms with Crippen LogP contribution in [0.2, 0.25) is 0 Å². The number of nitrogens with zero attached hydrogens (tertiary/aromatic N) is 1. The summed E-state index contributed by atoms with van der Waals surface area (Å²) in [5.74, 6) is 0.798. The molecule has 0 saturated carbocycles. The molecule has 0 bridgehead atoms. The van der Waals surface area contributed by atoms with Crippen molar-refractivity contribution in [3.8, 4) is 0 Å². The molecular formula is C18H22N2O4. The van der Waals surface area contributed by atoms with Crippen LogP contribution in [-0.4, -0.2) is 62.4 Å². The van der Waals surface area contributed by atoms with Crippen LogP contribution in [0.1, 0.15) is 16.1 Å². The van der Waals surface area contributed by atoms with E-state index in [2.05, 4.69) is 5.32 Å². The van der Waals surface area contributed by atoms with Crippen LogP contribution in [0.3, 0.4) is 0 Å². The fourth-order valence-electron chi connectivity index (χ4n) is 3.51. The van der Waals surface area contributed by atoms with Crippen LogP contribution in [0, 0.1) is 6.92 Å². The summed E-state index contributed by atoms with van der Waals surface area (Å²) in [6, 6.07) is 7.65. The molecule has 1 aromatic heterocycles. The number of nitrogens with one attached hydrogen (secondary N) is 1. The number of para-hydroxylation sites is 1. The quantitative estimate of drug-likeness (QED) is 0.860. The monoisotopic (exact) mass is 330 g/mol. The fraction of sp³-hybridized carbons (Fsp3) is 0.500. The lowest BCUT2D eigenvalue weighted by atomic mass is 10.0. The van der Waals surface area contributed by atoms with Gasteiger partial charge in [0.05, 0.1) is 31.9 Å². The van der Waals surface area contributed by atoms with Crippen molar-refractivity contribution >= 4 is 16.9 Å². The number of morpholine rings is 1. The topological polar surface area (TPSA) is 63.9 Å². The second-order valence-electron chi connectivity index (χ2n) is 6.57. The highest BCUT2D eigenvalue weighted by atomic mass is 16.5. The molecule has 2 aliphatic heterocycles. The Kier molecular flexibility index (Phi) is 4.04. The number of carbonyl (C=O) groups excluding carboxylic acids is 1. The number of hydrogen-bond acceptors (Lipinski definition) is 5. The van der Waals surface area contributed by atoms with E-state index in [1.807, 2.05) is 36.1 Å². The van der Waals surface area contributed by atoms with Gasteiger partial charge in [-0.3, -0.25) is 4.79 Å². The van der Waals surface area contributed by atoms with Crippen molar-refractivity contribution < 1.29 is 18.7 Å². The number of carbonyl (C=O) groups is 1. The van der Waals surface area contributed by atoms with Crippen LogP contribution >= 0.6 is 0 Å². The largest absolute Gasteiger partial charge is 0.461 e. The molecule has 0 radical (unpaired) electrons. The third-order valence-corrected chi connectivity index (χ3v) is 4.67. The fourth-order valence-corrected chi connectivity index (χ4v) is 3.51.